The van der Waals surface area contributed by atoms with Gasteiger partial charge in [0.15, 0.2) is 40.5 Å². The normalized spacial score (nSPS) is 16.0. The lowest BCUT2D eigenvalue weighted by Crippen LogP contribution is -2.32. The van der Waals surface area contributed by atoms with E-state index in [2.05, 4.69) is 155 Å². The number of halogens is 3. The van der Waals surface area contributed by atoms with Crippen molar-refractivity contribution in [3.63, 3.8) is 0 Å². The topological polar surface area (TPSA) is 462 Å². The van der Waals surface area contributed by atoms with Crippen molar-refractivity contribution >= 4 is 40.5 Å². The Morgan fingerprint density at radius 1 is 0.213 bits per heavy atom. The highest BCUT2D eigenvalue weighted by atomic mass is 19.1. The van der Waals surface area contributed by atoms with E-state index in [1.54, 1.807) is 18.2 Å². The van der Waals surface area contributed by atoms with Crippen LogP contribution in [0.1, 0.15) is 280 Å². The minimum absolute atomic E-state index is 0.00377. The summed E-state index contributed by atoms with van der Waals surface area (Å²) in [5.74, 6) is 1.62. The van der Waals surface area contributed by atoms with Crippen LogP contribution in [0, 0.1) is 17.5 Å². The van der Waals surface area contributed by atoms with Gasteiger partial charge in [-0.25, -0.2) is 82.9 Å². The van der Waals surface area contributed by atoms with Crippen molar-refractivity contribution in [1.29, 1.82) is 0 Å². The summed E-state index contributed by atoms with van der Waals surface area (Å²) >= 11 is 0. The van der Waals surface area contributed by atoms with Crippen LogP contribution >= 0.6 is 0 Å². The Morgan fingerprint density at radius 2 is 0.427 bits per heavy atom. The van der Waals surface area contributed by atoms with Crippen molar-refractivity contribution in [2.45, 2.75) is 211 Å². The lowest BCUT2D eigenvalue weighted by atomic mass is 9.67. The number of Topliss-reactive ketones (excluding diaryl/α,β-unsaturated/α-hetero) is 7. The van der Waals surface area contributed by atoms with E-state index in [0.29, 0.717) is 81.5 Å². The Hall–Kier alpha value is -14.7. The van der Waals surface area contributed by atoms with Crippen LogP contribution < -0.4 is 0 Å². The van der Waals surface area contributed by atoms with Gasteiger partial charge in [-0.15, -0.1) is 0 Å². The van der Waals surface area contributed by atoms with Gasteiger partial charge in [-0.2, -0.15) is 0 Å². The van der Waals surface area contributed by atoms with Gasteiger partial charge < -0.3 is 40.9 Å². The number of nitrogens with zero attached hydrogens (tertiary/aromatic N) is 14. The maximum atomic E-state index is 13.9. The third-order valence-corrected chi connectivity index (χ3v) is 29.6. The third-order valence-electron chi connectivity index (χ3n) is 29.6. The molecule has 0 saturated heterocycles. The molecule has 7 fully saturated rings. The molecular weight excluding hydrogens is 1910 g/mol. The van der Waals surface area contributed by atoms with Crippen molar-refractivity contribution in [1.82, 2.24) is 69.8 Å². The SMILES string of the molecule is O=C(CO)c1cnc(CC2(c3ccc(CO)cc3)CC2)nc1.O=C(CO)c1cnc(CC2(c3ccc(F)cc3)CC2)nc1.O=C(CO)c1cnc(CC2(c3cccc(F)c3)CC2)nc1.O=C(CO)c1cnc(CC2(c3ccccc3)CC2)nc1.O=C(CO)c1cnc(CC2(c3ccccc3)CCCC2)nc1.O=C(CO)c1cnc(CC2(c3ccccc3)CCCCC2)nc1.O=C(CO)c1cnc(CC2(c3ccccc3F)CC2)nc1. The molecule has 29 nitrogen and oxygen atoms in total. The van der Waals surface area contributed by atoms with Crippen LogP contribution in [0.15, 0.2) is 275 Å². The molecule has 0 amide bonds. The minimum Gasteiger partial charge on any atom is -0.392 e. The molecule has 0 spiro atoms. The van der Waals surface area contributed by atoms with E-state index in [1.807, 2.05) is 60.7 Å². The number of hydrogen-bond donors (Lipinski definition) is 8. The number of aliphatic hydroxyl groups is 8. The van der Waals surface area contributed by atoms with Crippen LogP contribution in [0.25, 0.3) is 0 Å². The highest BCUT2D eigenvalue weighted by molar-refractivity contribution is 5.99. The van der Waals surface area contributed by atoms with Gasteiger partial charge in [-0.05, 0) is 165 Å². The van der Waals surface area contributed by atoms with E-state index in [9.17, 15) is 46.7 Å². The zero-order valence-corrected chi connectivity index (χ0v) is 83.4. The molecule has 0 unspecified atom stereocenters. The molecule has 8 N–H and O–H groups in total. The molecule has 0 bridgehead atoms. The van der Waals surface area contributed by atoms with E-state index in [-0.39, 0.29) is 96.4 Å². The molecular formula is C118H121F3N14O15. The number of carbonyl (C=O) groups excluding carboxylic acids is 7. The van der Waals surface area contributed by atoms with Gasteiger partial charge in [0.25, 0.3) is 0 Å². The molecule has 774 valence electrons. The van der Waals surface area contributed by atoms with Crippen LogP contribution in [0.2, 0.25) is 0 Å². The second-order valence-corrected chi connectivity index (χ2v) is 39.7. The molecule has 7 aromatic heterocycles. The molecule has 21 rings (SSSR count). The molecule has 0 aliphatic heterocycles. The number of aromatic nitrogens is 14. The van der Waals surface area contributed by atoms with Crippen molar-refractivity contribution in [3.05, 3.63) is 416 Å². The number of rotatable bonds is 36. The summed E-state index contributed by atoms with van der Waals surface area (Å²) < 4.78 is 40.3. The predicted octanol–water partition coefficient (Wildman–Crippen LogP) is 15.3. The second kappa shape index (κ2) is 51.0. The maximum Gasteiger partial charge on any atom is 0.191 e. The Morgan fingerprint density at radius 3 is 0.667 bits per heavy atom. The molecule has 0 radical (unpaired) electrons. The van der Waals surface area contributed by atoms with Crippen LogP contribution in [-0.4, -0.2) is 197 Å². The van der Waals surface area contributed by atoms with Gasteiger partial charge >= 0.3 is 0 Å². The lowest BCUT2D eigenvalue weighted by Gasteiger charge is -2.37. The number of carbonyl (C=O) groups is 7. The third kappa shape index (κ3) is 28.6. The summed E-state index contributed by atoms with van der Waals surface area (Å²) in [6, 6.07) is 59.7. The second-order valence-electron chi connectivity index (χ2n) is 39.7. The van der Waals surface area contributed by atoms with Crippen LogP contribution in [-0.2, 0) is 89.5 Å². The van der Waals surface area contributed by atoms with Gasteiger partial charge in [-0.3, -0.25) is 33.6 Å². The smallest absolute Gasteiger partial charge is 0.191 e. The van der Waals surface area contributed by atoms with E-state index in [0.717, 1.165) is 150 Å². The monoisotopic (exact) mass is 2030 g/mol. The van der Waals surface area contributed by atoms with E-state index in [1.165, 1.54) is 165 Å². The zero-order chi connectivity index (χ0) is 106. The van der Waals surface area contributed by atoms with Crippen molar-refractivity contribution in [2.75, 3.05) is 46.2 Å². The van der Waals surface area contributed by atoms with Gasteiger partial charge in [0.2, 0.25) is 0 Å². The van der Waals surface area contributed by atoms with Crippen LogP contribution in [0.3, 0.4) is 0 Å². The first-order chi connectivity index (χ1) is 72.8. The molecule has 32 heteroatoms. The minimum atomic E-state index is -0.554. The zero-order valence-electron chi connectivity index (χ0n) is 83.4. The van der Waals surface area contributed by atoms with Gasteiger partial charge in [-0.1, -0.05) is 190 Å². The summed E-state index contributed by atoms with van der Waals surface area (Å²) in [6.07, 6.45) is 46.8. The predicted molar refractivity (Wildman–Crippen MR) is 550 cm³/mol. The first kappa shape index (κ1) is 109. The van der Waals surface area contributed by atoms with Crippen LogP contribution in [0.5, 0.6) is 0 Å². The van der Waals surface area contributed by atoms with Gasteiger partial charge in [0.1, 0.15) is 104 Å². The quantitative estimate of drug-likeness (QED) is 0.0169. The molecule has 7 aliphatic carbocycles. The molecule has 0 atom stereocenters. The van der Waals surface area contributed by atoms with Crippen LogP contribution in [0.4, 0.5) is 13.2 Å². The highest BCUT2D eigenvalue weighted by Gasteiger charge is 2.50. The standard InChI is InChI=1S/C19H22N2O2.C18H20N2O2.C17H18N2O3.3C16H15FN2O2.C16H16N2O2/c22-14-17(23)15-12-20-18(21-13-15)11-19(9-5-2-6-10-19)16-7-3-1-4-8-16;21-13-16(22)14-11-19-17(20-12-14)10-18(8-4-5-9-18)15-6-2-1-3-7-15;20-10-12-1-3-14(4-2-12)17(5-6-17)7-16-18-8-13(9-19-16)15(22)11-21;17-13-3-1-12(2-4-13)16(5-6-16)7-15-18-8-11(9-19-15)14(21)10-20;17-13-3-1-2-12(6-13)16(4-5-16)7-15-18-8-11(9-19-15)14(21)10-20;17-13-4-2-1-3-12(13)16(5-6-16)7-15-18-8-11(9-19-15)14(21)10-20;19-11-14(20)12-9-17-15(18-10-12)8-16(6-7-16)13-4-2-1-3-5-13/h1,3-4,7-8,12-13,22H,2,5-6,9-11,14H2;1-3,6-7,11-12,21H,4-5,8-10,13H2;1-4,8-9,20-21H,5-7,10-11H2;1-4,8-9,20H,5-7,10H2;1-3,6,8-9,20H,4-5,7,10H2;1-4,8-9,20H,5-7,10H2;1-5,9-10,19H,6-8,11H2. The van der Waals surface area contributed by atoms with Gasteiger partial charge in [0.05, 0.1) is 45.6 Å². The molecule has 7 heterocycles. The largest absolute Gasteiger partial charge is 0.392 e. The number of ketones is 7. The Bertz CT molecular complexity index is 6850. The molecule has 7 aliphatic rings. The summed E-state index contributed by atoms with van der Waals surface area (Å²) in [5.41, 5.74) is 11.5. The van der Waals surface area contributed by atoms with Crippen molar-refractivity contribution in [2.24, 2.45) is 0 Å². The average Bonchev–Trinajstić information content (AvgIpc) is 1.34. The Balaban J connectivity index is 0.000000131. The van der Waals surface area contributed by atoms with E-state index >= 15 is 0 Å². The summed E-state index contributed by atoms with van der Waals surface area (Å²) in [4.78, 5) is 139. The van der Waals surface area contributed by atoms with Crippen molar-refractivity contribution < 1.29 is 87.6 Å². The summed E-state index contributed by atoms with van der Waals surface area (Å²) in [5, 5.41) is 70.9. The molecule has 7 saturated carbocycles. The van der Waals surface area contributed by atoms with Gasteiger partial charge in [0, 0.05) is 170 Å². The first-order valence-electron chi connectivity index (χ1n) is 50.6. The number of hydrogen-bond acceptors (Lipinski definition) is 29. The number of benzene rings is 7. The van der Waals surface area contributed by atoms with E-state index < -0.39 is 57.8 Å². The molecule has 150 heavy (non-hydrogen) atoms. The fourth-order valence-corrected chi connectivity index (χ4v) is 19.7. The number of aliphatic hydroxyl groups excluding tert-OH is 8. The Labute approximate surface area is 867 Å². The fourth-order valence-electron chi connectivity index (χ4n) is 19.7. The summed E-state index contributed by atoms with van der Waals surface area (Å²) in [7, 11) is 0. The molecule has 7 aromatic carbocycles. The Kier molecular flexibility index (Phi) is 37.2. The first-order valence-corrected chi connectivity index (χ1v) is 50.6. The average molecular weight is 2030 g/mol. The van der Waals surface area contributed by atoms with E-state index in [4.69, 9.17) is 40.9 Å². The molecule has 14 aromatic rings. The van der Waals surface area contributed by atoms with Crippen molar-refractivity contribution in [3.8, 4) is 0 Å². The fraction of sp³-hybridized carbons (Fsp3) is 0.347. The lowest BCUT2D eigenvalue weighted by molar-refractivity contribution is 0.0897. The summed E-state index contributed by atoms with van der Waals surface area (Å²) in [6.45, 7) is -3.62. The highest BCUT2D eigenvalue weighted by Crippen LogP contribution is 2.55. The maximum absolute atomic E-state index is 13.9.